The smallest absolute Gasteiger partial charge is 0.234 e. The molecule has 0 rings (SSSR count). The van der Waals surface area contributed by atoms with Crippen molar-refractivity contribution in [1.82, 2.24) is 16.0 Å². The molecular weight excluding hydrogens is 234 g/mol. The summed E-state index contributed by atoms with van der Waals surface area (Å²) in [5.74, 6) is -0.0778. The molecule has 1 unspecified atom stereocenters. The minimum atomic E-state index is -0.0399. The molecule has 0 aliphatic carbocycles. The highest BCUT2D eigenvalue weighted by molar-refractivity contribution is 5.78. The lowest BCUT2D eigenvalue weighted by Gasteiger charge is -2.11. The predicted molar refractivity (Wildman–Crippen MR) is 70.3 cm³/mol. The van der Waals surface area contributed by atoms with Gasteiger partial charge in [0.15, 0.2) is 0 Å². The van der Waals surface area contributed by atoms with Crippen molar-refractivity contribution in [1.29, 1.82) is 0 Å². The Labute approximate surface area is 109 Å². The summed E-state index contributed by atoms with van der Waals surface area (Å²) in [6, 6.07) is 0.191. The highest BCUT2D eigenvalue weighted by Gasteiger charge is 2.05. The van der Waals surface area contributed by atoms with Crippen molar-refractivity contribution < 1.29 is 14.3 Å². The Kier molecular flexibility index (Phi) is 10.3. The maximum absolute atomic E-state index is 11.4. The molecule has 0 bridgehead atoms. The monoisotopic (exact) mass is 259 g/mol. The van der Waals surface area contributed by atoms with Gasteiger partial charge in [-0.1, -0.05) is 6.92 Å². The van der Waals surface area contributed by atoms with E-state index >= 15 is 0 Å². The van der Waals surface area contributed by atoms with Gasteiger partial charge in [-0.25, -0.2) is 0 Å². The van der Waals surface area contributed by atoms with Crippen LogP contribution < -0.4 is 16.0 Å². The van der Waals surface area contributed by atoms with Crippen molar-refractivity contribution in [2.75, 3.05) is 33.4 Å². The lowest BCUT2D eigenvalue weighted by Crippen LogP contribution is -2.39. The first-order valence-electron chi connectivity index (χ1n) is 6.35. The van der Waals surface area contributed by atoms with E-state index < -0.39 is 0 Å². The van der Waals surface area contributed by atoms with Gasteiger partial charge in [-0.3, -0.25) is 9.59 Å². The van der Waals surface area contributed by atoms with Crippen molar-refractivity contribution in [3.05, 3.63) is 0 Å². The summed E-state index contributed by atoms with van der Waals surface area (Å²) < 4.78 is 4.81. The van der Waals surface area contributed by atoms with Gasteiger partial charge in [0.1, 0.15) is 0 Å². The molecule has 3 N–H and O–H groups in total. The van der Waals surface area contributed by atoms with Gasteiger partial charge in [0.2, 0.25) is 11.8 Å². The zero-order chi connectivity index (χ0) is 13.8. The minimum absolute atomic E-state index is 0.0378. The van der Waals surface area contributed by atoms with Gasteiger partial charge < -0.3 is 20.7 Å². The first-order valence-corrected chi connectivity index (χ1v) is 6.35. The van der Waals surface area contributed by atoms with E-state index in [4.69, 9.17) is 4.74 Å². The van der Waals surface area contributed by atoms with E-state index in [9.17, 15) is 9.59 Å². The number of hydrogen-bond donors (Lipinski definition) is 3. The quantitative estimate of drug-likeness (QED) is 0.468. The van der Waals surface area contributed by atoms with Crippen LogP contribution in [0.3, 0.4) is 0 Å². The van der Waals surface area contributed by atoms with Crippen LogP contribution in [0.4, 0.5) is 0 Å². The Morgan fingerprint density at radius 1 is 1.22 bits per heavy atom. The average Bonchev–Trinajstić information content (AvgIpc) is 2.34. The highest BCUT2D eigenvalue weighted by atomic mass is 16.5. The summed E-state index contributed by atoms with van der Waals surface area (Å²) in [6.45, 7) is 5.74. The third-order valence-electron chi connectivity index (χ3n) is 2.46. The fourth-order valence-corrected chi connectivity index (χ4v) is 1.21. The van der Waals surface area contributed by atoms with Crippen LogP contribution in [0.15, 0.2) is 0 Å². The van der Waals surface area contributed by atoms with Crippen molar-refractivity contribution in [2.24, 2.45) is 0 Å². The molecule has 0 aromatic heterocycles. The molecule has 0 saturated carbocycles. The van der Waals surface area contributed by atoms with Gasteiger partial charge in [0, 0.05) is 32.7 Å². The number of methoxy groups -OCH3 is 1. The fraction of sp³-hybridized carbons (Fsp3) is 0.833. The van der Waals surface area contributed by atoms with Crippen LogP contribution in [-0.2, 0) is 14.3 Å². The number of carbonyl (C=O) groups is 2. The lowest BCUT2D eigenvalue weighted by atomic mass is 10.2. The third-order valence-corrected chi connectivity index (χ3v) is 2.46. The molecule has 1 atom stereocenters. The Hall–Kier alpha value is -1.14. The molecule has 6 heteroatoms. The molecule has 0 fully saturated rings. The van der Waals surface area contributed by atoms with Crippen molar-refractivity contribution in [3.63, 3.8) is 0 Å². The zero-order valence-corrected chi connectivity index (χ0v) is 11.5. The largest absolute Gasteiger partial charge is 0.383 e. The van der Waals surface area contributed by atoms with Gasteiger partial charge in [-0.05, 0) is 13.3 Å². The molecule has 0 saturated heterocycles. The van der Waals surface area contributed by atoms with E-state index in [2.05, 4.69) is 16.0 Å². The van der Waals surface area contributed by atoms with E-state index in [-0.39, 0.29) is 24.4 Å². The molecule has 0 heterocycles. The Balaban J connectivity index is 3.43. The van der Waals surface area contributed by atoms with Crippen LogP contribution in [0, 0.1) is 0 Å². The van der Waals surface area contributed by atoms with Crippen molar-refractivity contribution >= 4 is 11.8 Å². The van der Waals surface area contributed by atoms with Crippen LogP contribution in [0.5, 0.6) is 0 Å². The summed E-state index contributed by atoms with van der Waals surface area (Å²) in [5, 5.41) is 8.48. The molecule has 0 aliphatic rings. The van der Waals surface area contributed by atoms with Crippen LogP contribution >= 0.6 is 0 Å². The Morgan fingerprint density at radius 3 is 2.56 bits per heavy atom. The number of carbonyl (C=O) groups excluding carboxylic acids is 2. The first kappa shape index (κ1) is 16.9. The molecule has 0 aromatic carbocycles. The third kappa shape index (κ3) is 10.0. The number of ether oxygens (including phenoxy) is 1. The standard InChI is InChI=1S/C12H25N3O3/c1-4-10(2)15-12(17)9-13-6-5-11(16)14-7-8-18-3/h10,13H,4-9H2,1-3H3,(H,14,16)(H,15,17). The van der Waals surface area contributed by atoms with Gasteiger partial charge >= 0.3 is 0 Å². The maximum atomic E-state index is 11.4. The molecule has 0 aliphatic heterocycles. The number of nitrogens with one attached hydrogen (secondary N) is 3. The van der Waals surface area contributed by atoms with Gasteiger partial charge in [0.25, 0.3) is 0 Å². The minimum Gasteiger partial charge on any atom is -0.383 e. The molecule has 0 radical (unpaired) electrons. The van der Waals surface area contributed by atoms with Crippen molar-refractivity contribution in [2.45, 2.75) is 32.7 Å². The molecule has 6 nitrogen and oxygen atoms in total. The Morgan fingerprint density at radius 2 is 1.94 bits per heavy atom. The van der Waals surface area contributed by atoms with Crippen LogP contribution in [0.25, 0.3) is 0 Å². The van der Waals surface area contributed by atoms with Gasteiger partial charge in [-0.15, -0.1) is 0 Å². The van der Waals surface area contributed by atoms with Gasteiger partial charge in [-0.2, -0.15) is 0 Å². The fourth-order valence-electron chi connectivity index (χ4n) is 1.21. The molecule has 0 spiro atoms. The summed E-state index contributed by atoms with van der Waals surface area (Å²) in [4.78, 5) is 22.7. The molecule has 2 amide bonds. The lowest BCUT2D eigenvalue weighted by molar-refractivity contribution is -0.122. The van der Waals surface area contributed by atoms with E-state index in [1.54, 1.807) is 7.11 Å². The molecular formula is C12H25N3O3. The second-order valence-corrected chi connectivity index (χ2v) is 4.15. The average molecular weight is 259 g/mol. The number of amides is 2. The number of hydrogen-bond acceptors (Lipinski definition) is 4. The summed E-state index contributed by atoms with van der Waals surface area (Å²) in [7, 11) is 1.59. The van der Waals surface area contributed by atoms with Crippen molar-refractivity contribution in [3.8, 4) is 0 Å². The maximum Gasteiger partial charge on any atom is 0.234 e. The zero-order valence-electron chi connectivity index (χ0n) is 11.5. The van der Waals surface area contributed by atoms with E-state index in [0.29, 0.717) is 26.1 Å². The topological polar surface area (TPSA) is 79.5 Å². The van der Waals surface area contributed by atoms with Crippen LogP contribution in [0.2, 0.25) is 0 Å². The SMILES string of the molecule is CCC(C)NC(=O)CNCCC(=O)NCCOC. The first-order chi connectivity index (χ1) is 8.60. The van der Waals surface area contributed by atoms with Crippen LogP contribution in [-0.4, -0.2) is 51.2 Å². The summed E-state index contributed by atoms with van der Waals surface area (Å²) >= 11 is 0. The number of rotatable bonds is 10. The van der Waals surface area contributed by atoms with E-state index in [0.717, 1.165) is 6.42 Å². The second-order valence-electron chi connectivity index (χ2n) is 4.15. The molecule has 0 aromatic rings. The highest BCUT2D eigenvalue weighted by Crippen LogP contribution is 1.86. The predicted octanol–water partition coefficient (Wildman–Crippen LogP) is -0.357. The summed E-state index contributed by atoms with van der Waals surface area (Å²) in [6.07, 6.45) is 1.27. The normalized spacial score (nSPS) is 11.9. The second kappa shape index (κ2) is 11.0. The summed E-state index contributed by atoms with van der Waals surface area (Å²) in [5.41, 5.74) is 0. The molecule has 18 heavy (non-hydrogen) atoms. The van der Waals surface area contributed by atoms with Crippen LogP contribution in [0.1, 0.15) is 26.7 Å². The van der Waals surface area contributed by atoms with E-state index in [1.807, 2.05) is 13.8 Å². The van der Waals surface area contributed by atoms with Gasteiger partial charge in [0.05, 0.1) is 13.2 Å². The van der Waals surface area contributed by atoms with E-state index in [1.165, 1.54) is 0 Å². The Bertz CT molecular complexity index is 247. The molecule has 106 valence electrons.